The molecule has 7 N–H and O–H groups in total. The van der Waals surface area contributed by atoms with Crippen molar-refractivity contribution in [1.29, 1.82) is 0 Å². The highest BCUT2D eigenvalue weighted by molar-refractivity contribution is 5.76. The third-order valence-corrected chi connectivity index (χ3v) is 11.9. The molecule has 56 heavy (non-hydrogen) atoms. The Morgan fingerprint density at radius 2 is 0.893 bits per heavy atom. The Hall–Kier alpha value is -0.930. The van der Waals surface area contributed by atoms with Crippen molar-refractivity contribution < 1.29 is 54.8 Å². The minimum absolute atomic E-state index is 0.177. The van der Waals surface area contributed by atoms with Gasteiger partial charge in [-0.25, -0.2) is 0 Å². The lowest BCUT2D eigenvalue weighted by Gasteiger charge is -2.48. The van der Waals surface area contributed by atoms with Gasteiger partial charge in [-0.15, -0.1) is 0 Å². The number of carbonyl (C=O) groups excluding carboxylic acids is 1. The predicted octanol–water partition coefficient (Wildman–Crippen LogP) is 6.40. The molecular weight excluding hydrogens is 718 g/mol. The summed E-state index contributed by atoms with van der Waals surface area (Å²) in [5.74, 6) is -0.177. The molecule has 12 nitrogen and oxygen atoms in total. The van der Waals surface area contributed by atoms with Crippen LogP contribution in [0.3, 0.4) is 0 Å². The zero-order chi connectivity index (χ0) is 41.0. The summed E-state index contributed by atoms with van der Waals surface area (Å²) in [5, 5.41) is 73.4. The molecule has 2 aliphatic rings. The van der Waals surface area contributed by atoms with E-state index in [1.807, 2.05) is 0 Å². The molecule has 0 radical (unpaired) electrons. The maximum atomic E-state index is 13.8. The highest BCUT2D eigenvalue weighted by atomic mass is 16.7. The molecule has 332 valence electrons. The summed E-state index contributed by atoms with van der Waals surface area (Å²) >= 11 is 0. The van der Waals surface area contributed by atoms with E-state index < -0.39 is 74.6 Å². The normalized spacial score (nSPS) is 28.2. The van der Waals surface area contributed by atoms with E-state index in [0.717, 1.165) is 38.5 Å². The van der Waals surface area contributed by atoms with Crippen molar-refractivity contribution in [3.8, 4) is 0 Å². The maximum Gasteiger partial charge on any atom is 0.224 e. The number of hydrogen-bond acceptors (Lipinski definition) is 11. The summed E-state index contributed by atoms with van der Waals surface area (Å²) in [4.78, 5) is 15.3. The van der Waals surface area contributed by atoms with Crippen LogP contribution in [0.25, 0.3) is 0 Å². The minimum Gasteiger partial charge on any atom is -0.394 e. The Morgan fingerprint density at radius 3 is 1.32 bits per heavy atom. The quantitative estimate of drug-likeness (QED) is 0.0357. The number of carbonyl (C=O) groups is 1. The standard InChI is InChI=1S/C44H85NO11/c1-3-5-7-9-11-13-15-17-19-21-23-25-27-29-31-45(36(48)30-28-26-24-22-20-18-16-14-12-10-8-6-4-2)43-40(52)39(51)42(35(33-47)54-43)56-44-41(53)38(50)37(49)34(32-46)55-44/h34-35,37-44,46-47,49-53H,3-33H2,1-2H3/t34-,35-,37-,38+,39-,40-,41-,42-,43-,44-/m1/s1. The van der Waals surface area contributed by atoms with E-state index in [1.54, 1.807) is 0 Å². The summed E-state index contributed by atoms with van der Waals surface area (Å²) in [7, 11) is 0. The van der Waals surface area contributed by atoms with Crippen LogP contribution in [0.15, 0.2) is 0 Å². The number of aliphatic hydroxyl groups excluding tert-OH is 7. The molecule has 2 fully saturated rings. The van der Waals surface area contributed by atoms with Gasteiger partial charge in [0.2, 0.25) is 5.91 Å². The van der Waals surface area contributed by atoms with Crippen LogP contribution in [0.2, 0.25) is 0 Å². The van der Waals surface area contributed by atoms with E-state index in [1.165, 1.54) is 127 Å². The van der Waals surface area contributed by atoms with Gasteiger partial charge in [0.25, 0.3) is 0 Å². The summed E-state index contributed by atoms with van der Waals surface area (Å²) in [6.07, 6.45) is 17.7. The van der Waals surface area contributed by atoms with E-state index in [9.17, 15) is 40.5 Å². The predicted molar refractivity (Wildman–Crippen MR) is 219 cm³/mol. The second kappa shape index (κ2) is 31.9. The molecule has 0 unspecified atom stereocenters. The number of rotatable bonds is 34. The smallest absolute Gasteiger partial charge is 0.224 e. The lowest BCUT2D eigenvalue weighted by atomic mass is 9.95. The monoisotopic (exact) mass is 804 g/mol. The van der Waals surface area contributed by atoms with Gasteiger partial charge in [0.05, 0.1) is 13.2 Å². The number of nitrogens with zero attached hydrogens (tertiary/aromatic N) is 1. The van der Waals surface area contributed by atoms with Crippen molar-refractivity contribution in [2.24, 2.45) is 0 Å². The molecule has 10 atom stereocenters. The second-order valence-electron chi connectivity index (χ2n) is 16.7. The Labute approximate surface area is 339 Å². The van der Waals surface area contributed by atoms with Crippen molar-refractivity contribution in [1.82, 2.24) is 4.90 Å². The molecule has 12 heteroatoms. The fourth-order valence-electron chi connectivity index (χ4n) is 8.14. The maximum absolute atomic E-state index is 13.8. The lowest BCUT2D eigenvalue weighted by molar-refractivity contribution is -0.348. The first-order valence-electron chi connectivity index (χ1n) is 23.1. The van der Waals surface area contributed by atoms with E-state index in [2.05, 4.69) is 13.8 Å². The Balaban J connectivity index is 1.89. The topological polar surface area (TPSA) is 190 Å². The summed E-state index contributed by atoms with van der Waals surface area (Å²) in [6.45, 7) is 3.52. The molecule has 0 saturated carbocycles. The molecular formula is C44H85NO11. The van der Waals surface area contributed by atoms with Crippen LogP contribution in [0.1, 0.15) is 194 Å². The third kappa shape index (κ3) is 19.4. The SMILES string of the molecule is CCCCCCCCCCCCCCCCN(C(=O)CCCCCCCCCCCCCCC)[C@@H]1O[C@H](CO)[C@@H](O[C@H]2O[C@H](CO)[C@@H](O)[C@H](O)[C@H]2O)[C@H](O)[C@H]1O. The van der Waals surface area contributed by atoms with Gasteiger partial charge in [-0.1, -0.05) is 174 Å². The molecule has 0 aromatic heterocycles. The summed E-state index contributed by atoms with van der Waals surface area (Å²) in [6, 6.07) is 0. The fourth-order valence-corrected chi connectivity index (χ4v) is 8.14. The van der Waals surface area contributed by atoms with Gasteiger partial charge >= 0.3 is 0 Å². The largest absolute Gasteiger partial charge is 0.394 e. The lowest BCUT2D eigenvalue weighted by Crippen LogP contribution is -2.67. The van der Waals surface area contributed by atoms with Gasteiger partial charge in [0.15, 0.2) is 12.5 Å². The molecule has 0 aromatic rings. The van der Waals surface area contributed by atoms with Gasteiger partial charge in [-0.2, -0.15) is 0 Å². The van der Waals surface area contributed by atoms with Gasteiger partial charge < -0.3 is 54.9 Å². The van der Waals surface area contributed by atoms with Crippen LogP contribution >= 0.6 is 0 Å². The Bertz CT molecular complexity index is 943. The highest BCUT2D eigenvalue weighted by Gasteiger charge is 2.51. The third-order valence-electron chi connectivity index (χ3n) is 11.9. The summed E-state index contributed by atoms with van der Waals surface area (Å²) < 4.78 is 17.3. The number of ether oxygens (including phenoxy) is 3. The van der Waals surface area contributed by atoms with Crippen molar-refractivity contribution in [2.45, 2.75) is 255 Å². The average molecular weight is 804 g/mol. The van der Waals surface area contributed by atoms with Crippen LogP contribution in [0, 0.1) is 0 Å². The van der Waals surface area contributed by atoms with Crippen LogP contribution < -0.4 is 0 Å². The molecule has 0 aliphatic carbocycles. The fraction of sp³-hybridized carbons (Fsp3) is 0.977. The van der Waals surface area contributed by atoms with E-state index in [4.69, 9.17) is 14.2 Å². The first kappa shape index (κ1) is 51.2. The van der Waals surface area contributed by atoms with E-state index in [-0.39, 0.29) is 12.3 Å². The van der Waals surface area contributed by atoms with Crippen molar-refractivity contribution >= 4 is 5.91 Å². The van der Waals surface area contributed by atoms with Gasteiger partial charge in [0.1, 0.15) is 48.8 Å². The first-order chi connectivity index (χ1) is 27.2. The molecule has 2 rings (SSSR count). The van der Waals surface area contributed by atoms with Crippen LogP contribution in [0.5, 0.6) is 0 Å². The van der Waals surface area contributed by atoms with Gasteiger partial charge in [-0.05, 0) is 12.8 Å². The van der Waals surface area contributed by atoms with Crippen LogP contribution in [-0.4, -0.2) is 128 Å². The zero-order valence-corrected chi connectivity index (χ0v) is 35.4. The molecule has 0 spiro atoms. The zero-order valence-electron chi connectivity index (χ0n) is 35.4. The number of unbranched alkanes of at least 4 members (excludes halogenated alkanes) is 25. The van der Waals surface area contributed by atoms with E-state index >= 15 is 0 Å². The Kier molecular flexibility index (Phi) is 29.2. The number of amides is 1. The molecule has 1 amide bonds. The summed E-state index contributed by atoms with van der Waals surface area (Å²) in [5.41, 5.74) is 0. The molecule has 2 aliphatic heterocycles. The molecule has 2 heterocycles. The molecule has 0 aromatic carbocycles. The second-order valence-corrected chi connectivity index (χ2v) is 16.7. The van der Waals surface area contributed by atoms with Gasteiger partial charge in [0, 0.05) is 13.0 Å². The van der Waals surface area contributed by atoms with Crippen molar-refractivity contribution in [3.05, 3.63) is 0 Å². The van der Waals surface area contributed by atoms with E-state index in [0.29, 0.717) is 19.4 Å². The van der Waals surface area contributed by atoms with Gasteiger partial charge in [-0.3, -0.25) is 4.79 Å². The van der Waals surface area contributed by atoms with Crippen LogP contribution in [-0.2, 0) is 19.0 Å². The Morgan fingerprint density at radius 1 is 0.482 bits per heavy atom. The first-order valence-corrected chi connectivity index (χ1v) is 23.1. The number of aliphatic hydroxyl groups is 7. The molecule has 0 bridgehead atoms. The highest BCUT2D eigenvalue weighted by Crippen LogP contribution is 2.31. The van der Waals surface area contributed by atoms with Crippen molar-refractivity contribution in [3.63, 3.8) is 0 Å². The minimum atomic E-state index is -1.74. The molecule has 2 saturated heterocycles. The number of hydrogen-bond donors (Lipinski definition) is 7. The van der Waals surface area contributed by atoms with Crippen molar-refractivity contribution in [2.75, 3.05) is 19.8 Å². The van der Waals surface area contributed by atoms with Crippen LogP contribution in [0.4, 0.5) is 0 Å². The average Bonchev–Trinajstić information content (AvgIpc) is 3.20.